The summed E-state index contributed by atoms with van der Waals surface area (Å²) in [5.74, 6) is -2.56. The molecule has 36 heavy (non-hydrogen) atoms. The van der Waals surface area contributed by atoms with Gasteiger partial charge in [0.25, 0.3) is 0 Å². The highest BCUT2D eigenvalue weighted by Crippen LogP contribution is 2.10. The van der Waals surface area contributed by atoms with Crippen molar-refractivity contribution in [1.82, 2.24) is 0 Å². The van der Waals surface area contributed by atoms with E-state index in [1.54, 1.807) is 24.3 Å². The molecule has 1 aromatic carbocycles. The molecule has 0 saturated carbocycles. The molecular weight excluding hydrogens is 480 g/mol. The standard InChI is InChI=1S/C24H34O12/c25-19-20-1-3-21(4-2-20)35-17-15-33-13-11-31-9-7-30-8-10-32-12-14-34-16-18-36-23(27)6-5-22(26)24(28)29/h1-4,19H,5-18H2,(H,28,29). The molecule has 0 aliphatic carbocycles. The van der Waals surface area contributed by atoms with Crippen LogP contribution in [0.4, 0.5) is 0 Å². The van der Waals surface area contributed by atoms with Crippen molar-refractivity contribution in [1.29, 1.82) is 0 Å². The zero-order chi connectivity index (χ0) is 26.3. The van der Waals surface area contributed by atoms with E-state index in [4.69, 9.17) is 38.3 Å². The Bertz CT molecular complexity index is 750. The second-order valence-electron chi connectivity index (χ2n) is 7.05. The number of carbonyl (C=O) groups is 4. The first-order valence-electron chi connectivity index (χ1n) is 11.5. The fourth-order valence-corrected chi connectivity index (χ4v) is 2.45. The second kappa shape index (κ2) is 21.4. The fourth-order valence-electron chi connectivity index (χ4n) is 2.45. The van der Waals surface area contributed by atoms with Gasteiger partial charge in [0.1, 0.15) is 25.2 Å². The van der Waals surface area contributed by atoms with Crippen molar-refractivity contribution >= 4 is 24.0 Å². The molecule has 0 fully saturated rings. The van der Waals surface area contributed by atoms with Crippen LogP contribution >= 0.6 is 0 Å². The van der Waals surface area contributed by atoms with Gasteiger partial charge in [-0.3, -0.25) is 14.4 Å². The van der Waals surface area contributed by atoms with Gasteiger partial charge in [0.05, 0.1) is 72.5 Å². The van der Waals surface area contributed by atoms with Gasteiger partial charge in [-0.1, -0.05) is 0 Å². The van der Waals surface area contributed by atoms with Crippen molar-refractivity contribution in [3.8, 4) is 5.75 Å². The van der Waals surface area contributed by atoms with Gasteiger partial charge in [0, 0.05) is 12.0 Å². The molecule has 0 atom stereocenters. The zero-order valence-electron chi connectivity index (χ0n) is 20.2. The van der Waals surface area contributed by atoms with Crippen molar-refractivity contribution in [2.45, 2.75) is 12.8 Å². The molecule has 0 saturated heterocycles. The lowest BCUT2D eigenvalue weighted by molar-refractivity contribution is -0.151. The lowest BCUT2D eigenvalue weighted by atomic mass is 10.2. The van der Waals surface area contributed by atoms with E-state index in [0.717, 1.165) is 6.29 Å². The molecule has 0 spiro atoms. The van der Waals surface area contributed by atoms with Crippen molar-refractivity contribution in [3.05, 3.63) is 29.8 Å². The molecule has 12 heteroatoms. The molecule has 12 nitrogen and oxygen atoms in total. The van der Waals surface area contributed by atoms with Crippen LogP contribution in [0.2, 0.25) is 0 Å². The van der Waals surface area contributed by atoms with E-state index < -0.39 is 17.7 Å². The van der Waals surface area contributed by atoms with E-state index in [1.165, 1.54) is 0 Å². The van der Waals surface area contributed by atoms with Gasteiger partial charge in [-0.25, -0.2) is 4.79 Å². The Hall–Kier alpha value is -2.90. The Labute approximate surface area is 209 Å². The maximum Gasteiger partial charge on any atom is 0.372 e. The quantitative estimate of drug-likeness (QED) is 0.0904. The van der Waals surface area contributed by atoms with Crippen LogP contribution in [0.25, 0.3) is 0 Å². The van der Waals surface area contributed by atoms with E-state index in [1.807, 2.05) is 0 Å². The number of hydrogen-bond acceptors (Lipinski definition) is 11. The molecule has 0 amide bonds. The van der Waals surface area contributed by atoms with E-state index in [0.29, 0.717) is 77.4 Å². The van der Waals surface area contributed by atoms with Gasteiger partial charge >= 0.3 is 11.9 Å². The Morgan fingerprint density at radius 3 is 1.53 bits per heavy atom. The summed E-state index contributed by atoms with van der Waals surface area (Å²) in [4.78, 5) is 43.1. The first kappa shape index (κ1) is 31.1. The molecular formula is C24H34O12. The van der Waals surface area contributed by atoms with E-state index in [9.17, 15) is 19.2 Å². The third-order valence-electron chi connectivity index (χ3n) is 4.29. The zero-order valence-corrected chi connectivity index (χ0v) is 20.2. The molecule has 1 N–H and O–H groups in total. The summed E-state index contributed by atoms with van der Waals surface area (Å²) in [6.07, 6.45) is 0.120. The predicted molar refractivity (Wildman–Crippen MR) is 124 cm³/mol. The van der Waals surface area contributed by atoms with Crippen molar-refractivity contribution < 1.29 is 57.4 Å². The largest absolute Gasteiger partial charge is 0.491 e. The number of esters is 1. The van der Waals surface area contributed by atoms with Crippen molar-refractivity contribution in [2.24, 2.45) is 0 Å². The van der Waals surface area contributed by atoms with Crippen LogP contribution < -0.4 is 4.74 Å². The highest BCUT2D eigenvalue weighted by atomic mass is 16.6. The monoisotopic (exact) mass is 514 g/mol. The molecule has 1 rings (SSSR count). The van der Waals surface area contributed by atoms with E-state index in [2.05, 4.69) is 0 Å². The Morgan fingerprint density at radius 1 is 0.639 bits per heavy atom. The van der Waals surface area contributed by atoms with Gasteiger partial charge in [-0.05, 0) is 24.3 Å². The molecule has 0 aliphatic rings. The number of benzene rings is 1. The van der Waals surface area contributed by atoms with Gasteiger partial charge in [0.2, 0.25) is 5.78 Å². The summed E-state index contributed by atoms with van der Waals surface area (Å²) in [6.45, 7) is 4.26. The van der Waals surface area contributed by atoms with Crippen LogP contribution in [0, 0.1) is 0 Å². The van der Waals surface area contributed by atoms with Crippen LogP contribution in [-0.4, -0.2) is 108 Å². The Balaban J connectivity index is 1.75. The fraction of sp³-hybridized carbons (Fsp3) is 0.583. The lowest BCUT2D eigenvalue weighted by Gasteiger charge is -2.09. The number of aliphatic carboxylic acids is 1. The molecule has 202 valence electrons. The lowest BCUT2D eigenvalue weighted by Crippen LogP contribution is -2.17. The Kier molecular flexibility index (Phi) is 18.5. The van der Waals surface area contributed by atoms with E-state index >= 15 is 0 Å². The number of Topliss-reactive ketones (excluding diaryl/α,β-unsaturated/α-hetero) is 1. The van der Waals surface area contributed by atoms with Crippen LogP contribution in [0.3, 0.4) is 0 Å². The molecule has 0 aliphatic heterocycles. The maximum atomic E-state index is 11.3. The smallest absolute Gasteiger partial charge is 0.372 e. The van der Waals surface area contributed by atoms with Crippen LogP contribution in [0.1, 0.15) is 23.2 Å². The van der Waals surface area contributed by atoms with Crippen LogP contribution in [0.5, 0.6) is 5.75 Å². The normalized spacial score (nSPS) is 10.7. The Morgan fingerprint density at radius 2 is 1.08 bits per heavy atom. The molecule has 1 aromatic rings. The van der Waals surface area contributed by atoms with Gasteiger partial charge in [-0.2, -0.15) is 0 Å². The first-order valence-corrected chi connectivity index (χ1v) is 11.5. The summed E-state index contributed by atoms with van der Waals surface area (Å²) in [7, 11) is 0. The summed E-state index contributed by atoms with van der Waals surface area (Å²) in [5.41, 5.74) is 0.600. The SMILES string of the molecule is O=Cc1ccc(OCCOCCOCCOCCOCCOCCOC(=O)CCC(=O)C(=O)O)cc1. The number of ketones is 1. The number of carboxylic acids is 1. The molecule has 0 radical (unpaired) electrons. The van der Waals surface area contributed by atoms with Gasteiger partial charge < -0.3 is 38.3 Å². The predicted octanol–water partition coefficient (Wildman–Crippen LogP) is 0.938. The molecule has 0 aromatic heterocycles. The average Bonchev–Trinajstić information content (AvgIpc) is 2.88. The summed E-state index contributed by atoms with van der Waals surface area (Å²) < 4.78 is 37.1. The van der Waals surface area contributed by atoms with E-state index in [-0.39, 0.29) is 26.1 Å². The average molecular weight is 515 g/mol. The minimum atomic E-state index is -1.56. The molecule has 0 bridgehead atoms. The number of rotatable bonds is 24. The topological polar surface area (TPSA) is 153 Å². The highest BCUT2D eigenvalue weighted by molar-refractivity contribution is 6.32. The minimum absolute atomic E-state index is 0.0137. The summed E-state index contributed by atoms with van der Waals surface area (Å²) in [5, 5.41) is 8.41. The molecule has 0 unspecified atom stereocenters. The minimum Gasteiger partial charge on any atom is -0.491 e. The number of hydrogen-bond donors (Lipinski definition) is 1. The molecule has 0 heterocycles. The summed E-state index contributed by atoms with van der Waals surface area (Å²) in [6, 6.07) is 6.84. The van der Waals surface area contributed by atoms with Crippen molar-refractivity contribution in [2.75, 3.05) is 79.3 Å². The van der Waals surface area contributed by atoms with Gasteiger partial charge in [-0.15, -0.1) is 0 Å². The second-order valence-corrected chi connectivity index (χ2v) is 7.05. The number of carbonyl (C=O) groups excluding carboxylic acids is 3. The maximum absolute atomic E-state index is 11.3. The number of carboxylic acid groups (broad SMARTS) is 1. The highest BCUT2D eigenvalue weighted by Gasteiger charge is 2.14. The number of aldehydes is 1. The number of ether oxygens (including phenoxy) is 7. The summed E-state index contributed by atoms with van der Waals surface area (Å²) >= 11 is 0. The third kappa shape index (κ3) is 17.5. The van der Waals surface area contributed by atoms with Gasteiger partial charge in [0.15, 0.2) is 0 Å². The van der Waals surface area contributed by atoms with Crippen LogP contribution in [0.15, 0.2) is 24.3 Å². The van der Waals surface area contributed by atoms with Crippen molar-refractivity contribution in [3.63, 3.8) is 0 Å². The first-order chi connectivity index (χ1) is 17.5. The third-order valence-corrected chi connectivity index (χ3v) is 4.29. The van der Waals surface area contributed by atoms with Crippen LogP contribution in [-0.2, 0) is 42.8 Å².